The second-order valence-corrected chi connectivity index (χ2v) is 5.84. The molecule has 0 radical (unpaired) electrons. The largest absolute Gasteiger partial charge is 0.315 e. The third-order valence-electron chi connectivity index (χ3n) is 4.69. The molecule has 2 fully saturated rings. The summed E-state index contributed by atoms with van der Waals surface area (Å²) in [6, 6.07) is 0.780. The molecular formula is C14H25N5. The fourth-order valence-electron chi connectivity index (χ4n) is 3.18. The molecule has 5 heteroatoms. The van der Waals surface area contributed by atoms with Gasteiger partial charge >= 0.3 is 0 Å². The normalized spacial score (nSPS) is 26.1. The lowest BCUT2D eigenvalue weighted by Crippen LogP contribution is -2.50. The Morgan fingerprint density at radius 2 is 2.11 bits per heavy atom. The minimum Gasteiger partial charge on any atom is -0.315 e. The molecule has 2 aliphatic heterocycles. The van der Waals surface area contributed by atoms with E-state index in [1.165, 1.54) is 56.9 Å². The number of aromatic nitrogens is 2. The summed E-state index contributed by atoms with van der Waals surface area (Å²) in [4.78, 5) is 5.22. The van der Waals surface area contributed by atoms with Crippen LogP contribution in [0.5, 0.6) is 0 Å². The molecule has 1 aromatic rings. The van der Waals surface area contributed by atoms with Crippen LogP contribution in [0, 0.1) is 6.92 Å². The fraction of sp³-hybridized carbons (Fsp3) is 0.786. The van der Waals surface area contributed by atoms with Gasteiger partial charge in [0.2, 0.25) is 0 Å². The molecule has 0 saturated carbocycles. The minimum atomic E-state index is 0.780. The van der Waals surface area contributed by atoms with Gasteiger partial charge in [-0.2, -0.15) is 5.10 Å². The van der Waals surface area contributed by atoms with Crippen LogP contribution in [-0.2, 0) is 13.6 Å². The number of nitrogens with one attached hydrogen (secondary N) is 1. The van der Waals surface area contributed by atoms with E-state index in [2.05, 4.69) is 27.1 Å². The van der Waals surface area contributed by atoms with Crippen molar-refractivity contribution >= 4 is 0 Å². The van der Waals surface area contributed by atoms with Crippen LogP contribution in [0.2, 0.25) is 0 Å². The van der Waals surface area contributed by atoms with Crippen LogP contribution in [0.25, 0.3) is 0 Å². The molecule has 3 rings (SSSR count). The average Bonchev–Trinajstić information content (AvgIpc) is 3.06. The van der Waals surface area contributed by atoms with Gasteiger partial charge in [-0.3, -0.25) is 14.5 Å². The molecule has 5 nitrogen and oxygen atoms in total. The smallest absolute Gasteiger partial charge is 0.0537 e. The molecule has 1 N–H and O–H groups in total. The van der Waals surface area contributed by atoms with Crippen molar-refractivity contribution in [2.45, 2.75) is 25.9 Å². The number of aryl methyl sites for hydroxylation is 1. The number of hydrogen-bond donors (Lipinski definition) is 1. The molecule has 2 saturated heterocycles. The van der Waals surface area contributed by atoms with Gasteiger partial charge in [-0.1, -0.05) is 0 Å². The molecule has 0 aliphatic carbocycles. The van der Waals surface area contributed by atoms with E-state index in [1.807, 2.05) is 17.9 Å². The third kappa shape index (κ3) is 2.83. The Morgan fingerprint density at radius 1 is 1.32 bits per heavy atom. The summed E-state index contributed by atoms with van der Waals surface area (Å²) in [5.41, 5.74) is 2.67. The zero-order chi connectivity index (χ0) is 13.2. The van der Waals surface area contributed by atoms with Gasteiger partial charge in [0.05, 0.1) is 6.20 Å². The predicted octanol–water partition coefficient (Wildman–Crippen LogP) is 0.208. The standard InChI is InChI=1S/C14H25N5/c1-12-13(9-16-17(12)2)11-18-5-7-19(8-6-18)14-3-4-15-10-14/h9,14-15H,3-8,10-11H2,1-2H3. The Bertz CT molecular complexity index is 413. The first-order valence-electron chi connectivity index (χ1n) is 7.38. The van der Waals surface area contributed by atoms with Crippen LogP contribution in [0.3, 0.4) is 0 Å². The van der Waals surface area contributed by atoms with E-state index < -0.39 is 0 Å². The van der Waals surface area contributed by atoms with E-state index in [9.17, 15) is 0 Å². The maximum absolute atomic E-state index is 4.33. The second kappa shape index (κ2) is 5.61. The van der Waals surface area contributed by atoms with Crippen molar-refractivity contribution < 1.29 is 0 Å². The highest BCUT2D eigenvalue weighted by Crippen LogP contribution is 2.15. The van der Waals surface area contributed by atoms with E-state index in [0.717, 1.165) is 12.6 Å². The summed E-state index contributed by atoms with van der Waals surface area (Å²) in [6.07, 6.45) is 3.34. The van der Waals surface area contributed by atoms with E-state index in [4.69, 9.17) is 0 Å². The van der Waals surface area contributed by atoms with E-state index in [-0.39, 0.29) is 0 Å². The number of rotatable bonds is 3. The Labute approximate surface area is 115 Å². The molecule has 1 unspecified atom stereocenters. The van der Waals surface area contributed by atoms with Crippen molar-refractivity contribution in [3.8, 4) is 0 Å². The molecule has 1 atom stereocenters. The van der Waals surface area contributed by atoms with Gasteiger partial charge in [-0.05, 0) is 19.9 Å². The maximum Gasteiger partial charge on any atom is 0.0537 e. The van der Waals surface area contributed by atoms with Gasteiger partial charge in [0, 0.05) is 63.6 Å². The summed E-state index contributed by atoms with van der Waals surface area (Å²) in [7, 11) is 2.02. The molecule has 3 heterocycles. The first-order valence-corrected chi connectivity index (χ1v) is 7.38. The monoisotopic (exact) mass is 263 g/mol. The molecule has 0 aromatic carbocycles. The zero-order valence-electron chi connectivity index (χ0n) is 12.1. The first kappa shape index (κ1) is 13.1. The number of piperazine rings is 1. The van der Waals surface area contributed by atoms with E-state index in [1.54, 1.807) is 0 Å². The quantitative estimate of drug-likeness (QED) is 0.846. The van der Waals surface area contributed by atoms with Gasteiger partial charge in [-0.15, -0.1) is 0 Å². The summed E-state index contributed by atoms with van der Waals surface area (Å²) in [5.74, 6) is 0. The summed E-state index contributed by atoms with van der Waals surface area (Å²) >= 11 is 0. The highest BCUT2D eigenvalue weighted by molar-refractivity contribution is 5.15. The van der Waals surface area contributed by atoms with Crippen molar-refractivity contribution in [3.05, 3.63) is 17.5 Å². The van der Waals surface area contributed by atoms with Crippen LogP contribution < -0.4 is 5.32 Å². The number of nitrogens with zero attached hydrogens (tertiary/aromatic N) is 4. The molecule has 0 bridgehead atoms. The van der Waals surface area contributed by atoms with Gasteiger partial charge in [-0.25, -0.2) is 0 Å². The Morgan fingerprint density at radius 3 is 2.68 bits per heavy atom. The highest BCUT2D eigenvalue weighted by atomic mass is 15.3. The fourth-order valence-corrected chi connectivity index (χ4v) is 3.18. The highest BCUT2D eigenvalue weighted by Gasteiger charge is 2.26. The van der Waals surface area contributed by atoms with Crippen LogP contribution in [-0.4, -0.2) is 64.9 Å². The lowest BCUT2D eigenvalue weighted by atomic mass is 10.1. The second-order valence-electron chi connectivity index (χ2n) is 5.84. The SMILES string of the molecule is Cc1c(CN2CCN(C3CCNC3)CC2)cnn1C. The molecule has 2 aliphatic rings. The number of hydrogen-bond acceptors (Lipinski definition) is 4. The van der Waals surface area contributed by atoms with Gasteiger partial charge in [0.25, 0.3) is 0 Å². The molecular weight excluding hydrogens is 238 g/mol. The first-order chi connectivity index (χ1) is 9.24. The van der Waals surface area contributed by atoms with Crippen molar-refractivity contribution in [1.82, 2.24) is 24.9 Å². The minimum absolute atomic E-state index is 0.780. The van der Waals surface area contributed by atoms with Crippen molar-refractivity contribution in [1.29, 1.82) is 0 Å². The average molecular weight is 263 g/mol. The lowest BCUT2D eigenvalue weighted by Gasteiger charge is -2.37. The Hall–Kier alpha value is -0.910. The van der Waals surface area contributed by atoms with Crippen molar-refractivity contribution in [2.75, 3.05) is 39.3 Å². The third-order valence-corrected chi connectivity index (χ3v) is 4.69. The van der Waals surface area contributed by atoms with E-state index >= 15 is 0 Å². The topological polar surface area (TPSA) is 36.3 Å². The Balaban J connectivity index is 1.51. The van der Waals surface area contributed by atoms with Crippen LogP contribution >= 0.6 is 0 Å². The van der Waals surface area contributed by atoms with Gasteiger partial charge in [0.1, 0.15) is 0 Å². The van der Waals surface area contributed by atoms with Crippen LogP contribution in [0.15, 0.2) is 6.20 Å². The molecule has 0 spiro atoms. The lowest BCUT2D eigenvalue weighted by molar-refractivity contribution is 0.0980. The van der Waals surface area contributed by atoms with Gasteiger partial charge < -0.3 is 5.32 Å². The summed E-state index contributed by atoms with van der Waals surface area (Å²) < 4.78 is 1.97. The summed E-state index contributed by atoms with van der Waals surface area (Å²) in [6.45, 7) is 10.4. The van der Waals surface area contributed by atoms with Crippen molar-refractivity contribution in [2.24, 2.45) is 7.05 Å². The van der Waals surface area contributed by atoms with Crippen LogP contribution in [0.4, 0.5) is 0 Å². The molecule has 1 aromatic heterocycles. The predicted molar refractivity (Wildman–Crippen MR) is 76.1 cm³/mol. The molecule has 106 valence electrons. The molecule has 19 heavy (non-hydrogen) atoms. The summed E-state index contributed by atoms with van der Waals surface area (Å²) in [5, 5.41) is 7.80. The molecule has 0 amide bonds. The maximum atomic E-state index is 4.33. The van der Waals surface area contributed by atoms with Crippen molar-refractivity contribution in [3.63, 3.8) is 0 Å². The Kier molecular flexibility index (Phi) is 3.86. The zero-order valence-corrected chi connectivity index (χ0v) is 12.1. The van der Waals surface area contributed by atoms with Crippen LogP contribution in [0.1, 0.15) is 17.7 Å². The van der Waals surface area contributed by atoms with E-state index in [0.29, 0.717) is 0 Å². The van der Waals surface area contributed by atoms with Gasteiger partial charge in [0.15, 0.2) is 0 Å².